The van der Waals surface area contributed by atoms with Gasteiger partial charge in [-0.25, -0.2) is 28.8 Å². The number of pyridine rings is 1. The number of ether oxygens (including phenoxy) is 1. The number of nitro groups is 1. The molecule has 3 heterocycles. The van der Waals surface area contributed by atoms with Crippen molar-refractivity contribution < 1.29 is 18.4 Å². The van der Waals surface area contributed by atoms with Gasteiger partial charge in [0.15, 0.2) is 23.3 Å². The van der Waals surface area contributed by atoms with Gasteiger partial charge < -0.3 is 15.4 Å². The van der Waals surface area contributed by atoms with Gasteiger partial charge in [-0.05, 0) is 6.92 Å². The van der Waals surface area contributed by atoms with Crippen molar-refractivity contribution >= 4 is 23.1 Å². The number of anilines is 3. The van der Waals surface area contributed by atoms with Gasteiger partial charge in [0.2, 0.25) is 11.7 Å². The van der Waals surface area contributed by atoms with Crippen LogP contribution in [0.25, 0.3) is 0 Å². The summed E-state index contributed by atoms with van der Waals surface area (Å²) >= 11 is 0. The second kappa shape index (κ2) is 7.77. The fraction of sp³-hybridized carbons (Fsp3) is 0.200. The third kappa shape index (κ3) is 4.08. The molecule has 3 N–H and O–H groups in total. The second-order valence-electron chi connectivity index (χ2n) is 5.52. The summed E-state index contributed by atoms with van der Waals surface area (Å²) in [5.41, 5.74) is -0.586. The molecule has 3 aromatic heterocycles. The first-order chi connectivity index (χ1) is 13.4. The first-order valence-electron chi connectivity index (χ1n) is 7.82. The number of nitrogens with one attached hydrogen (secondary N) is 3. The molecule has 0 unspecified atom stereocenters. The summed E-state index contributed by atoms with van der Waals surface area (Å²) in [6, 6.07) is 1.50. The van der Waals surface area contributed by atoms with Gasteiger partial charge in [-0.1, -0.05) is 0 Å². The SMILES string of the molecule is COc1cc(Nc2nc(N[C@@H](C)c3ncc(F)cn3)c([N+](=O)[O-])cc2F)n[nH]1. The predicted molar refractivity (Wildman–Crippen MR) is 93.3 cm³/mol. The van der Waals surface area contributed by atoms with Crippen molar-refractivity contribution in [3.63, 3.8) is 0 Å². The van der Waals surface area contributed by atoms with Crippen molar-refractivity contribution in [3.05, 3.63) is 52.1 Å². The number of methoxy groups -OCH3 is 1. The Morgan fingerprint density at radius 1 is 1.25 bits per heavy atom. The van der Waals surface area contributed by atoms with E-state index in [0.717, 1.165) is 18.5 Å². The van der Waals surface area contributed by atoms with E-state index in [2.05, 4.69) is 35.8 Å². The van der Waals surface area contributed by atoms with Gasteiger partial charge in [0.1, 0.15) is 5.82 Å². The van der Waals surface area contributed by atoms with Crippen molar-refractivity contribution in [1.29, 1.82) is 0 Å². The molecule has 0 saturated carbocycles. The summed E-state index contributed by atoms with van der Waals surface area (Å²) in [6.07, 6.45) is 1.93. The van der Waals surface area contributed by atoms with Gasteiger partial charge in [-0.15, -0.1) is 0 Å². The summed E-state index contributed by atoms with van der Waals surface area (Å²) < 4.78 is 32.2. The van der Waals surface area contributed by atoms with Gasteiger partial charge in [0.25, 0.3) is 0 Å². The first kappa shape index (κ1) is 18.9. The van der Waals surface area contributed by atoms with E-state index in [4.69, 9.17) is 4.74 Å². The molecule has 3 aromatic rings. The lowest BCUT2D eigenvalue weighted by atomic mass is 10.3. The van der Waals surface area contributed by atoms with Crippen LogP contribution in [0.1, 0.15) is 18.8 Å². The molecule has 3 rings (SSSR count). The van der Waals surface area contributed by atoms with Crippen LogP contribution < -0.4 is 15.4 Å². The van der Waals surface area contributed by atoms with Crippen LogP contribution in [0.3, 0.4) is 0 Å². The van der Waals surface area contributed by atoms with E-state index in [1.807, 2.05) is 0 Å². The molecule has 11 nitrogen and oxygen atoms in total. The number of rotatable bonds is 7. The average molecular weight is 392 g/mol. The van der Waals surface area contributed by atoms with E-state index in [9.17, 15) is 18.9 Å². The van der Waals surface area contributed by atoms with E-state index in [-0.39, 0.29) is 23.3 Å². The maximum atomic E-state index is 14.3. The number of H-pyrrole nitrogens is 1. The molecule has 0 bridgehead atoms. The van der Waals surface area contributed by atoms with E-state index in [0.29, 0.717) is 5.88 Å². The molecule has 0 amide bonds. The molecule has 0 aliphatic carbocycles. The van der Waals surface area contributed by atoms with Crippen LogP contribution in [0.5, 0.6) is 5.88 Å². The predicted octanol–water partition coefficient (Wildman–Crippen LogP) is 2.71. The second-order valence-corrected chi connectivity index (χ2v) is 5.52. The van der Waals surface area contributed by atoms with Gasteiger partial charge in [0.05, 0.1) is 36.5 Å². The highest BCUT2D eigenvalue weighted by Crippen LogP contribution is 2.30. The molecule has 0 fully saturated rings. The summed E-state index contributed by atoms with van der Waals surface area (Å²) in [5, 5.41) is 23.0. The lowest BCUT2D eigenvalue weighted by Crippen LogP contribution is -2.14. The molecule has 0 saturated heterocycles. The zero-order valence-corrected chi connectivity index (χ0v) is 14.6. The Bertz CT molecular complexity index is 995. The van der Waals surface area contributed by atoms with Crippen LogP contribution in [0, 0.1) is 21.7 Å². The lowest BCUT2D eigenvalue weighted by Gasteiger charge is -2.14. The highest BCUT2D eigenvalue weighted by atomic mass is 19.1. The van der Waals surface area contributed by atoms with E-state index in [1.165, 1.54) is 13.2 Å². The van der Waals surface area contributed by atoms with Crippen molar-refractivity contribution in [2.24, 2.45) is 0 Å². The minimum atomic E-state index is -0.954. The van der Waals surface area contributed by atoms with Gasteiger partial charge in [-0.2, -0.15) is 5.10 Å². The highest BCUT2D eigenvalue weighted by Gasteiger charge is 2.23. The number of aromatic amines is 1. The summed E-state index contributed by atoms with van der Waals surface area (Å²) in [5.74, 6) is -1.41. The number of aromatic nitrogens is 5. The minimum Gasteiger partial charge on any atom is -0.481 e. The van der Waals surface area contributed by atoms with Gasteiger partial charge in [0, 0.05) is 6.07 Å². The Kier molecular flexibility index (Phi) is 5.24. The number of hydrogen-bond acceptors (Lipinski definition) is 9. The summed E-state index contributed by atoms with van der Waals surface area (Å²) in [4.78, 5) is 22.0. The number of nitrogens with zero attached hydrogens (tertiary/aromatic N) is 5. The third-order valence-corrected chi connectivity index (χ3v) is 3.55. The summed E-state index contributed by atoms with van der Waals surface area (Å²) in [7, 11) is 1.42. The Hall–Kier alpha value is -3.90. The molecule has 0 spiro atoms. The molecule has 0 radical (unpaired) electrons. The van der Waals surface area contributed by atoms with Crippen molar-refractivity contribution in [3.8, 4) is 5.88 Å². The lowest BCUT2D eigenvalue weighted by molar-refractivity contribution is -0.384. The zero-order chi connectivity index (χ0) is 20.3. The fourth-order valence-electron chi connectivity index (χ4n) is 2.22. The quantitative estimate of drug-likeness (QED) is 0.408. The van der Waals surface area contributed by atoms with Crippen LogP contribution in [0.2, 0.25) is 0 Å². The standard InChI is InChI=1S/C15H14F2N8O3/c1-7(13-18-5-8(16)6-19-13)20-15-10(25(26)27)3-9(17)14(22-15)21-11-4-12(28-2)24-23-11/h3-7H,1-2H3,(H3,20,21,22,23,24)/t7-/m0/s1. The van der Waals surface area contributed by atoms with Crippen LogP contribution in [0.15, 0.2) is 24.5 Å². The average Bonchev–Trinajstić information content (AvgIpc) is 3.12. The molecule has 13 heteroatoms. The molecular weight excluding hydrogens is 378 g/mol. The largest absolute Gasteiger partial charge is 0.481 e. The molecular formula is C15H14F2N8O3. The van der Waals surface area contributed by atoms with Gasteiger partial charge in [-0.3, -0.25) is 10.1 Å². The maximum Gasteiger partial charge on any atom is 0.314 e. The topological polar surface area (TPSA) is 144 Å². The molecule has 0 aliphatic rings. The Balaban J connectivity index is 1.91. The first-order valence-corrected chi connectivity index (χ1v) is 7.82. The highest BCUT2D eigenvalue weighted by molar-refractivity contribution is 5.64. The van der Waals surface area contributed by atoms with Crippen LogP contribution in [-0.4, -0.2) is 37.2 Å². The van der Waals surface area contributed by atoms with E-state index in [1.54, 1.807) is 6.92 Å². The number of hydrogen-bond donors (Lipinski definition) is 3. The fourth-order valence-corrected chi connectivity index (χ4v) is 2.22. The molecule has 1 atom stereocenters. The van der Waals surface area contributed by atoms with E-state index < -0.39 is 28.3 Å². The minimum absolute atomic E-state index is 0.174. The van der Waals surface area contributed by atoms with Crippen molar-refractivity contribution in [1.82, 2.24) is 25.1 Å². The van der Waals surface area contributed by atoms with Crippen molar-refractivity contribution in [2.45, 2.75) is 13.0 Å². The summed E-state index contributed by atoms with van der Waals surface area (Å²) in [6.45, 7) is 1.59. The van der Waals surface area contributed by atoms with Crippen LogP contribution in [-0.2, 0) is 0 Å². The Morgan fingerprint density at radius 3 is 2.57 bits per heavy atom. The zero-order valence-electron chi connectivity index (χ0n) is 14.6. The smallest absolute Gasteiger partial charge is 0.314 e. The van der Waals surface area contributed by atoms with Crippen LogP contribution >= 0.6 is 0 Å². The van der Waals surface area contributed by atoms with Gasteiger partial charge >= 0.3 is 5.69 Å². The van der Waals surface area contributed by atoms with Crippen LogP contribution in [0.4, 0.5) is 31.9 Å². The Labute approximate surface area is 156 Å². The molecule has 0 aromatic carbocycles. The molecule has 28 heavy (non-hydrogen) atoms. The molecule has 146 valence electrons. The monoisotopic (exact) mass is 392 g/mol. The third-order valence-electron chi connectivity index (χ3n) is 3.55. The molecule has 0 aliphatic heterocycles. The maximum absolute atomic E-state index is 14.3. The normalized spacial score (nSPS) is 11.7. The van der Waals surface area contributed by atoms with E-state index >= 15 is 0 Å². The Morgan fingerprint density at radius 2 is 1.96 bits per heavy atom. The number of halogens is 2. The van der Waals surface area contributed by atoms with Crippen molar-refractivity contribution in [2.75, 3.05) is 17.7 Å².